The minimum atomic E-state index is -3.51. The van der Waals surface area contributed by atoms with E-state index in [-0.39, 0.29) is 11.6 Å². The standard InChI is InChI=1S/C15H24N2O3S/c1-15(2)10-13(8-9-20-15)17-21(18,19)14-7-5-4-6-12(14)11-16-3/h4-7,13,16-17H,8-11H2,1-3H3. The molecule has 0 aliphatic carbocycles. The first-order valence-corrected chi connectivity index (χ1v) is 8.71. The lowest BCUT2D eigenvalue weighted by atomic mass is 9.95. The topological polar surface area (TPSA) is 67.4 Å². The number of hydrogen-bond acceptors (Lipinski definition) is 4. The molecular weight excluding hydrogens is 288 g/mol. The van der Waals surface area contributed by atoms with Crippen LogP contribution in [-0.2, 0) is 21.3 Å². The Hall–Kier alpha value is -0.950. The van der Waals surface area contributed by atoms with Gasteiger partial charge >= 0.3 is 0 Å². The van der Waals surface area contributed by atoms with Crippen LogP contribution in [-0.4, -0.2) is 33.7 Å². The second kappa shape index (κ2) is 6.44. The number of nitrogens with one attached hydrogen (secondary N) is 2. The van der Waals surface area contributed by atoms with E-state index in [0.29, 0.717) is 30.9 Å². The maximum Gasteiger partial charge on any atom is 0.241 e. The monoisotopic (exact) mass is 312 g/mol. The highest BCUT2D eigenvalue weighted by Crippen LogP contribution is 2.25. The average molecular weight is 312 g/mol. The lowest BCUT2D eigenvalue weighted by Crippen LogP contribution is -2.45. The molecule has 21 heavy (non-hydrogen) atoms. The third-order valence-corrected chi connectivity index (χ3v) is 5.27. The molecule has 0 radical (unpaired) electrons. The van der Waals surface area contributed by atoms with E-state index >= 15 is 0 Å². The number of hydrogen-bond donors (Lipinski definition) is 2. The molecule has 1 atom stereocenters. The lowest BCUT2D eigenvalue weighted by Gasteiger charge is -2.35. The SMILES string of the molecule is CNCc1ccccc1S(=O)(=O)NC1CCOC(C)(C)C1. The molecule has 0 amide bonds. The van der Waals surface area contributed by atoms with Crippen molar-refractivity contribution in [3.63, 3.8) is 0 Å². The van der Waals surface area contributed by atoms with Gasteiger partial charge in [0.1, 0.15) is 0 Å². The summed E-state index contributed by atoms with van der Waals surface area (Å²) in [7, 11) is -1.71. The molecule has 6 heteroatoms. The third kappa shape index (κ3) is 4.26. The molecule has 5 nitrogen and oxygen atoms in total. The molecule has 1 unspecified atom stereocenters. The molecule has 1 aliphatic rings. The van der Waals surface area contributed by atoms with Gasteiger partial charge in [0.15, 0.2) is 0 Å². The highest BCUT2D eigenvalue weighted by atomic mass is 32.2. The zero-order valence-corrected chi connectivity index (χ0v) is 13.7. The van der Waals surface area contributed by atoms with Gasteiger partial charge in [0.2, 0.25) is 10.0 Å². The first-order valence-electron chi connectivity index (χ1n) is 7.23. The van der Waals surface area contributed by atoms with Gasteiger partial charge in [-0.1, -0.05) is 18.2 Å². The third-order valence-electron chi connectivity index (χ3n) is 3.65. The quantitative estimate of drug-likeness (QED) is 0.867. The fourth-order valence-electron chi connectivity index (χ4n) is 2.72. The van der Waals surface area contributed by atoms with Crippen molar-refractivity contribution in [1.82, 2.24) is 10.0 Å². The predicted octanol–water partition coefficient (Wildman–Crippen LogP) is 1.64. The summed E-state index contributed by atoms with van der Waals surface area (Å²) in [4.78, 5) is 0.351. The van der Waals surface area contributed by atoms with Gasteiger partial charge in [-0.05, 0) is 45.4 Å². The van der Waals surface area contributed by atoms with E-state index in [2.05, 4.69) is 10.0 Å². The summed E-state index contributed by atoms with van der Waals surface area (Å²) in [6, 6.07) is 7.00. The molecule has 1 saturated heterocycles. The normalized spacial score (nSPS) is 22.1. The largest absolute Gasteiger partial charge is 0.375 e. The second-order valence-corrected chi connectivity index (χ2v) is 7.74. The van der Waals surface area contributed by atoms with Crippen LogP contribution in [0.4, 0.5) is 0 Å². The van der Waals surface area contributed by atoms with Crippen molar-refractivity contribution < 1.29 is 13.2 Å². The second-order valence-electron chi connectivity index (χ2n) is 6.06. The van der Waals surface area contributed by atoms with Crippen LogP contribution in [0.5, 0.6) is 0 Å². The van der Waals surface area contributed by atoms with Gasteiger partial charge in [-0.2, -0.15) is 0 Å². The zero-order chi connectivity index (χ0) is 15.5. The van der Waals surface area contributed by atoms with Crippen LogP contribution >= 0.6 is 0 Å². The molecule has 1 aromatic carbocycles. The molecule has 2 rings (SSSR count). The molecule has 1 heterocycles. The van der Waals surface area contributed by atoms with Crippen LogP contribution < -0.4 is 10.0 Å². The van der Waals surface area contributed by atoms with E-state index in [9.17, 15) is 8.42 Å². The molecule has 0 spiro atoms. The van der Waals surface area contributed by atoms with E-state index in [4.69, 9.17) is 4.74 Å². The van der Waals surface area contributed by atoms with Crippen molar-refractivity contribution in [1.29, 1.82) is 0 Å². The molecule has 1 fully saturated rings. The summed E-state index contributed by atoms with van der Waals surface area (Å²) in [5.74, 6) is 0. The average Bonchev–Trinajstić information content (AvgIpc) is 2.38. The van der Waals surface area contributed by atoms with Crippen LogP contribution in [0.1, 0.15) is 32.3 Å². The van der Waals surface area contributed by atoms with Gasteiger partial charge in [0.05, 0.1) is 10.5 Å². The molecule has 0 aromatic heterocycles. The Kier molecular flexibility index (Phi) is 5.03. The van der Waals surface area contributed by atoms with Crippen LogP contribution in [0.3, 0.4) is 0 Å². The molecule has 118 valence electrons. The van der Waals surface area contributed by atoms with E-state index in [1.54, 1.807) is 19.2 Å². The Bertz CT molecular complexity index is 584. The van der Waals surface area contributed by atoms with Crippen LogP contribution in [0, 0.1) is 0 Å². The van der Waals surface area contributed by atoms with Crippen molar-refractivity contribution in [2.45, 2.75) is 49.8 Å². The molecular formula is C15H24N2O3S. The van der Waals surface area contributed by atoms with Gasteiger partial charge in [0, 0.05) is 19.2 Å². The Morgan fingerprint density at radius 2 is 2.05 bits per heavy atom. The van der Waals surface area contributed by atoms with E-state index in [1.807, 2.05) is 26.0 Å². The van der Waals surface area contributed by atoms with Gasteiger partial charge in [-0.25, -0.2) is 13.1 Å². The molecule has 2 N–H and O–H groups in total. The van der Waals surface area contributed by atoms with Gasteiger partial charge < -0.3 is 10.1 Å². The maximum absolute atomic E-state index is 12.6. The molecule has 1 aliphatic heterocycles. The summed E-state index contributed by atoms with van der Waals surface area (Å²) in [6.07, 6.45) is 1.39. The Labute approximate surface area is 127 Å². The lowest BCUT2D eigenvalue weighted by molar-refractivity contribution is -0.0599. The summed E-state index contributed by atoms with van der Waals surface area (Å²) < 4.78 is 33.7. The summed E-state index contributed by atoms with van der Waals surface area (Å²) in [6.45, 7) is 5.08. The van der Waals surface area contributed by atoms with Crippen LogP contribution in [0.2, 0.25) is 0 Å². The summed E-state index contributed by atoms with van der Waals surface area (Å²) in [5.41, 5.74) is 0.495. The van der Waals surface area contributed by atoms with Crippen molar-refractivity contribution in [3.8, 4) is 0 Å². The maximum atomic E-state index is 12.6. The van der Waals surface area contributed by atoms with Crippen molar-refractivity contribution >= 4 is 10.0 Å². The number of benzene rings is 1. The van der Waals surface area contributed by atoms with Crippen molar-refractivity contribution in [2.24, 2.45) is 0 Å². The van der Waals surface area contributed by atoms with E-state index in [1.165, 1.54) is 0 Å². The van der Waals surface area contributed by atoms with Gasteiger partial charge in [-0.3, -0.25) is 0 Å². The predicted molar refractivity (Wildman–Crippen MR) is 82.6 cm³/mol. The summed E-state index contributed by atoms with van der Waals surface area (Å²) >= 11 is 0. The number of sulfonamides is 1. The van der Waals surface area contributed by atoms with E-state index < -0.39 is 10.0 Å². The highest BCUT2D eigenvalue weighted by molar-refractivity contribution is 7.89. The van der Waals surface area contributed by atoms with E-state index in [0.717, 1.165) is 5.56 Å². The molecule has 0 bridgehead atoms. The minimum absolute atomic E-state index is 0.0820. The smallest absolute Gasteiger partial charge is 0.241 e. The summed E-state index contributed by atoms with van der Waals surface area (Å²) in [5, 5.41) is 3.00. The zero-order valence-electron chi connectivity index (χ0n) is 12.8. The Balaban J connectivity index is 2.19. The Morgan fingerprint density at radius 3 is 2.71 bits per heavy atom. The van der Waals surface area contributed by atoms with Crippen LogP contribution in [0.25, 0.3) is 0 Å². The first-order chi connectivity index (χ1) is 9.84. The molecule has 0 saturated carbocycles. The Morgan fingerprint density at radius 1 is 1.33 bits per heavy atom. The van der Waals surface area contributed by atoms with Gasteiger partial charge in [0.25, 0.3) is 0 Å². The number of ether oxygens (including phenoxy) is 1. The van der Waals surface area contributed by atoms with Crippen molar-refractivity contribution in [3.05, 3.63) is 29.8 Å². The fourth-order valence-corrected chi connectivity index (χ4v) is 4.23. The fraction of sp³-hybridized carbons (Fsp3) is 0.600. The first kappa shape index (κ1) is 16.4. The highest BCUT2D eigenvalue weighted by Gasteiger charge is 2.32. The minimum Gasteiger partial charge on any atom is -0.375 e. The van der Waals surface area contributed by atoms with Crippen LogP contribution in [0.15, 0.2) is 29.2 Å². The van der Waals surface area contributed by atoms with Gasteiger partial charge in [-0.15, -0.1) is 0 Å². The molecule has 1 aromatic rings. The van der Waals surface area contributed by atoms with Crippen molar-refractivity contribution in [2.75, 3.05) is 13.7 Å². The number of rotatable bonds is 5.